The summed E-state index contributed by atoms with van der Waals surface area (Å²) in [5, 5.41) is 3.10. The van der Waals surface area contributed by atoms with E-state index in [9.17, 15) is 8.78 Å². The Hall–Kier alpha value is -2.40. The summed E-state index contributed by atoms with van der Waals surface area (Å²) >= 11 is 0. The topological polar surface area (TPSA) is 30.5 Å². The van der Waals surface area contributed by atoms with Crippen molar-refractivity contribution in [1.29, 1.82) is 0 Å². The predicted octanol–water partition coefficient (Wildman–Crippen LogP) is 4.22. The van der Waals surface area contributed by atoms with E-state index in [1.807, 2.05) is 25.1 Å². The van der Waals surface area contributed by atoms with Crippen LogP contribution in [0.4, 0.5) is 8.78 Å². The average Bonchev–Trinajstić information content (AvgIpc) is 2.56. The second-order valence-corrected chi connectivity index (χ2v) is 5.57. The van der Waals surface area contributed by atoms with E-state index in [2.05, 4.69) is 11.9 Å². The minimum Gasteiger partial charge on any atom is -0.493 e. The van der Waals surface area contributed by atoms with E-state index in [-0.39, 0.29) is 6.54 Å². The molecule has 2 aromatic rings. The molecule has 0 saturated heterocycles. The van der Waals surface area contributed by atoms with Crippen LogP contribution in [-0.2, 0) is 13.1 Å². The highest BCUT2D eigenvalue weighted by Crippen LogP contribution is 2.28. The summed E-state index contributed by atoms with van der Waals surface area (Å²) in [6, 6.07) is 8.99. The van der Waals surface area contributed by atoms with Gasteiger partial charge in [-0.2, -0.15) is 0 Å². The second kappa shape index (κ2) is 8.45. The minimum absolute atomic E-state index is 0.234. The molecule has 128 valence electrons. The fourth-order valence-electron chi connectivity index (χ4n) is 2.17. The molecular formula is C19H21F2NO2. The summed E-state index contributed by atoms with van der Waals surface area (Å²) in [5.74, 6) is 0.380. The molecule has 0 heterocycles. The summed E-state index contributed by atoms with van der Waals surface area (Å²) in [7, 11) is 1.58. The third kappa shape index (κ3) is 5.06. The van der Waals surface area contributed by atoms with Gasteiger partial charge in [-0.1, -0.05) is 12.6 Å². The SMILES string of the molecule is C=C(C)COc1cc(CNCc2cc(F)ccc2F)ccc1OC. The van der Waals surface area contributed by atoms with E-state index in [0.717, 1.165) is 23.3 Å². The molecule has 0 amide bonds. The van der Waals surface area contributed by atoms with E-state index in [0.29, 0.717) is 30.2 Å². The Bertz CT molecular complexity index is 717. The van der Waals surface area contributed by atoms with Gasteiger partial charge < -0.3 is 14.8 Å². The number of hydrogen-bond donors (Lipinski definition) is 1. The number of hydrogen-bond acceptors (Lipinski definition) is 3. The number of halogens is 2. The first-order valence-electron chi connectivity index (χ1n) is 7.58. The van der Waals surface area contributed by atoms with Crippen LogP contribution in [0.25, 0.3) is 0 Å². The van der Waals surface area contributed by atoms with E-state index in [1.165, 1.54) is 6.07 Å². The van der Waals surface area contributed by atoms with Gasteiger partial charge in [-0.25, -0.2) is 8.78 Å². The molecule has 5 heteroatoms. The number of rotatable bonds is 8. The van der Waals surface area contributed by atoms with Crippen molar-refractivity contribution < 1.29 is 18.3 Å². The van der Waals surface area contributed by atoms with Crippen molar-refractivity contribution in [2.24, 2.45) is 0 Å². The van der Waals surface area contributed by atoms with Crippen LogP contribution in [0, 0.1) is 11.6 Å². The fourth-order valence-corrected chi connectivity index (χ4v) is 2.17. The smallest absolute Gasteiger partial charge is 0.161 e. The lowest BCUT2D eigenvalue weighted by Crippen LogP contribution is -2.14. The molecule has 0 atom stereocenters. The molecule has 0 spiro atoms. The lowest BCUT2D eigenvalue weighted by atomic mass is 10.1. The first-order chi connectivity index (χ1) is 11.5. The van der Waals surface area contributed by atoms with Crippen LogP contribution < -0.4 is 14.8 Å². The Morgan fingerprint density at radius 3 is 2.58 bits per heavy atom. The Balaban J connectivity index is 2.00. The van der Waals surface area contributed by atoms with Gasteiger partial charge in [0.25, 0.3) is 0 Å². The highest BCUT2D eigenvalue weighted by Gasteiger charge is 2.07. The van der Waals surface area contributed by atoms with E-state index in [1.54, 1.807) is 7.11 Å². The number of ether oxygens (including phenoxy) is 2. The molecule has 2 rings (SSSR count). The molecule has 0 fully saturated rings. The van der Waals surface area contributed by atoms with Gasteiger partial charge in [-0.15, -0.1) is 0 Å². The van der Waals surface area contributed by atoms with Gasteiger partial charge in [0, 0.05) is 18.7 Å². The van der Waals surface area contributed by atoms with Gasteiger partial charge in [0.1, 0.15) is 18.2 Å². The van der Waals surface area contributed by atoms with Crippen molar-refractivity contribution in [2.75, 3.05) is 13.7 Å². The summed E-state index contributed by atoms with van der Waals surface area (Å²) in [5.41, 5.74) is 2.15. The van der Waals surface area contributed by atoms with Crippen LogP contribution in [0.2, 0.25) is 0 Å². The van der Waals surface area contributed by atoms with Crippen molar-refractivity contribution in [3.63, 3.8) is 0 Å². The zero-order chi connectivity index (χ0) is 17.5. The molecule has 0 bridgehead atoms. The zero-order valence-corrected chi connectivity index (χ0v) is 13.9. The van der Waals surface area contributed by atoms with Gasteiger partial charge >= 0.3 is 0 Å². The van der Waals surface area contributed by atoms with Gasteiger partial charge in [0.05, 0.1) is 7.11 Å². The molecule has 0 aliphatic rings. The van der Waals surface area contributed by atoms with Crippen molar-refractivity contribution in [3.05, 3.63) is 71.3 Å². The van der Waals surface area contributed by atoms with Gasteiger partial charge in [0.15, 0.2) is 11.5 Å². The maximum atomic E-state index is 13.6. The highest BCUT2D eigenvalue weighted by molar-refractivity contribution is 5.43. The molecule has 0 saturated carbocycles. The lowest BCUT2D eigenvalue weighted by Gasteiger charge is -2.13. The van der Waals surface area contributed by atoms with Crippen LogP contribution >= 0.6 is 0 Å². The Labute approximate surface area is 140 Å². The first kappa shape index (κ1) is 17.9. The van der Waals surface area contributed by atoms with Crippen molar-refractivity contribution >= 4 is 0 Å². The standard InChI is InChI=1S/C19H21F2NO2/c1-13(2)12-24-19-8-14(4-7-18(19)23-3)10-22-11-15-9-16(20)5-6-17(15)21/h4-9,22H,1,10-12H2,2-3H3. The average molecular weight is 333 g/mol. The monoisotopic (exact) mass is 333 g/mol. The number of benzene rings is 2. The molecule has 3 nitrogen and oxygen atoms in total. The highest BCUT2D eigenvalue weighted by atomic mass is 19.1. The predicted molar refractivity (Wildman–Crippen MR) is 90.2 cm³/mol. The molecule has 1 N–H and O–H groups in total. The van der Waals surface area contributed by atoms with Gasteiger partial charge in [-0.3, -0.25) is 0 Å². The minimum atomic E-state index is -0.451. The van der Waals surface area contributed by atoms with E-state index >= 15 is 0 Å². The van der Waals surface area contributed by atoms with E-state index < -0.39 is 11.6 Å². The molecule has 2 aromatic carbocycles. The first-order valence-corrected chi connectivity index (χ1v) is 7.58. The van der Waals surface area contributed by atoms with E-state index in [4.69, 9.17) is 9.47 Å². The summed E-state index contributed by atoms with van der Waals surface area (Å²) < 4.78 is 37.7. The molecule has 24 heavy (non-hydrogen) atoms. The van der Waals surface area contributed by atoms with Gasteiger partial charge in [-0.05, 0) is 48.4 Å². The quantitative estimate of drug-likeness (QED) is 0.734. The summed E-state index contributed by atoms with van der Waals surface area (Å²) in [6.07, 6.45) is 0. The Morgan fingerprint density at radius 1 is 1.08 bits per heavy atom. The van der Waals surface area contributed by atoms with Crippen molar-refractivity contribution in [3.8, 4) is 11.5 Å². The van der Waals surface area contributed by atoms with Crippen LogP contribution in [0.15, 0.2) is 48.6 Å². The molecule has 0 aliphatic carbocycles. The van der Waals surface area contributed by atoms with Crippen LogP contribution in [0.5, 0.6) is 11.5 Å². The summed E-state index contributed by atoms with van der Waals surface area (Å²) in [4.78, 5) is 0. The maximum absolute atomic E-state index is 13.6. The van der Waals surface area contributed by atoms with Crippen LogP contribution in [-0.4, -0.2) is 13.7 Å². The Kier molecular flexibility index (Phi) is 6.32. The molecule has 0 aliphatic heterocycles. The number of nitrogens with one attached hydrogen (secondary N) is 1. The van der Waals surface area contributed by atoms with Crippen molar-refractivity contribution in [2.45, 2.75) is 20.0 Å². The third-order valence-corrected chi connectivity index (χ3v) is 3.35. The number of methoxy groups -OCH3 is 1. The van der Waals surface area contributed by atoms with Crippen molar-refractivity contribution in [1.82, 2.24) is 5.32 Å². The fraction of sp³-hybridized carbons (Fsp3) is 0.263. The normalized spacial score (nSPS) is 10.5. The molecule has 0 unspecified atom stereocenters. The zero-order valence-electron chi connectivity index (χ0n) is 13.9. The third-order valence-electron chi connectivity index (χ3n) is 3.35. The largest absolute Gasteiger partial charge is 0.493 e. The summed E-state index contributed by atoms with van der Waals surface area (Å²) in [6.45, 7) is 6.81. The maximum Gasteiger partial charge on any atom is 0.161 e. The molecule has 0 aromatic heterocycles. The lowest BCUT2D eigenvalue weighted by molar-refractivity contribution is 0.319. The second-order valence-electron chi connectivity index (χ2n) is 5.57. The molecule has 0 radical (unpaired) electrons. The van der Waals surface area contributed by atoms with Gasteiger partial charge in [0.2, 0.25) is 0 Å². The van der Waals surface area contributed by atoms with Crippen LogP contribution in [0.3, 0.4) is 0 Å². The van der Waals surface area contributed by atoms with Crippen LogP contribution in [0.1, 0.15) is 18.1 Å². The Morgan fingerprint density at radius 2 is 1.88 bits per heavy atom. The molecular weight excluding hydrogens is 312 g/mol.